The molecule has 1 aliphatic rings. The summed E-state index contributed by atoms with van der Waals surface area (Å²) in [5.74, 6) is -1.60. The van der Waals surface area contributed by atoms with E-state index in [1.807, 2.05) is 0 Å². The minimum atomic E-state index is -0.886. The predicted octanol–water partition coefficient (Wildman–Crippen LogP) is -0.809. The fourth-order valence-corrected chi connectivity index (χ4v) is 1.56. The summed E-state index contributed by atoms with van der Waals surface area (Å²) in [5, 5.41) is 11.1. The highest BCUT2D eigenvalue weighted by atomic mass is 16.4. The second kappa shape index (κ2) is 5.51. The Hall–Kier alpha value is -1.79. The topological polar surface area (TPSA) is 90.0 Å². The van der Waals surface area contributed by atoms with Crippen LogP contribution in [0.25, 0.3) is 0 Å². The summed E-state index contributed by atoms with van der Waals surface area (Å²) in [5.41, 5.74) is 0. The fraction of sp³-hybridized carbons (Fsp3) is 0.700. The molecule has 17 heavy (non-hydrogen) atoms. The molecule has 3 amide bonds. The van der Waals surface area contributed by atoms with Crippen molar-refractivity contribution in [3.8, 4) is 0 Å². The van der Waals surface area contributed by atoms with E-state index in [4.69, 9.17) is 5.11 Å². The first-order valence-corrected chi connectivity index (χ1v) is 5.46. The third-order valence-corrected chi connectivity index (χ3v) is 2.77. The third-order valence-electron chi connectivity index (χ3n) is 2.77. The minimum Gasteiger partial charge on any atom is -0.481 e. The molecule has 0 radical (unpaired) electrons. The molecule has 96 valence electrons. The van der Waals surface area contributed by atoms with E-state index < -0.39 is 11.9 Å². The van der Waals surface area contributed by atoms with Gasteiger partial charge in [-0.05, 0) is 6.92 Å². The first kappa shape index (κ1) is 13.3. The van der Waals surface area contributed by atoms with E-state index in [0.717, 1.165) is 0 Å². The number of rotatable bonds is 4. The quantitative estimate of drug-likeness (QED) is 0.675. The van der Waals surface area contributed by atoms with E-state index in [2.05, 4.69) is 5.32 Å². The molecule has 0 bridgehead atoms. The predicted molar refractivity (Wildman–Crippen MR) is 59.4 cm³/mol. The van der Waals surface area contributed by atoms with Crippen LogP contribution < -0.4 is 5.32 Å². The number of carbonyl (C=O) groups excluding carboxylic acids is 2. The monoisotopic (exact) mass is 243 g/mol. The lowest BCUT2D eigenvalue weighted by molar-refractivity contribution is -0.146. The summed E-state index contributed by atoms with van der Waals surface area (Å²) < 4.78 is 0. The van der Waals surface area contributed by atoms with Gasteiger partial charge in [-0.15, -0.1) is 0 Å². The van der Waals surface area contributed by atoms with E-state index >= 15 is 0 Å². The van der Waals surface area contributed by atoms with Crippen LogP contribution in [0.3, 0.4) is 0 Å². The van der Waals surface area contributed by atoms with Gasteiger partial charge in [0.1, 0.15) is 6.54 Å². The molecule has 0 unspecified atom stereocenters. The van der Waals surface area contributed by atoms with Crippen LogP contribution in [0.2, 0.25) is 0 Å². The molecule has 0 aromatic carbocycles. The van der Waals surface area contributed by atoms with Crippen LogP contribution in [-0.2, 0) is 9.59 Å². The second-order valence-electron chi connectivity index (χ2n) is 3.91. The van der Waals surface area contributed by atoms with Gasteiger partial charge in [0.15, 0.2) is 0 Å². The molecule has 0 aromatic rings. The van der Waals surface area contributed by atoms with Gasteiger partial charge in [0.05, 0.1) is 5.92 Å². The Labute approximate surface area is 99.4 Å². The van der Waals surface area contributed by atoms with Crippen molar-refractivity contribution in [1.82, 2.24) is 15.1 Å². The number of aliphatic carboxylic acids is 1. The number of urea groups is 1. The first-order valence-electron chi connectivity index (χ1n) is 5.46. The summed E-state index contributed by atoms with van der Waals surface area (Å²) in [6.45, 7) is 2.63. The Morgan fingerprint density at radius 1 is 1.41 bits per heavy atom. The number of carboxylic acid groups (broad SMARTS) is 1. The number of likely N-dealkylation sites (N-methyl/N-ethyl adjacent to an activating group) is 2. The van der Waals surface area contributed by atoms with Gasteiger partial charge in [0.2, 0.25) is 5.91 Å². The van der Waals surface area contributed by atoms with Gasteiger partial charge < -0.3 is 20.2 Å². The first-order chi connectivity index (χ1) is 7.99. The van der Waals surface area contributed by atoms with Gasteiger partial charge in [-0.1, -0.05) is 0 Å². The van der Waals surface area contributed by atoms with E-state index in [0.29, 0.717) is 6.54 Å². The SMILES string of the molecule is CCN(CC(=O)NC)C(=O)N1CC(C(=O)O)C1. The van der Waals surface area contributed by atoms with Crippen LogP contribution in [0, 0.1) is 5.92 Å². The van der Waals surface area contributed by atoms with Gasteiger partial charge in [0, 0.05) is 26.7 Å². The summed E-state index contributed by atoms with van der Waals surface area (Å²) >= 11 is 0. The molecule has 0 atom stereocenters. The van der Waals surface area contributed by atoms with Crippen LogP contribution in [-0.4, -0.2) is 66.0 Å². The molecule has 1 heterocycles. The van der Waals surface area contributed by atoms with Crippen LogP contribution in [0.15, 0.2) is 0 Å². The van der Waals surface area contributed by atoms with E-state index in [1.165, 1.54) is 16.8 Å². The standard InChI is InChI=1S/C10H17N3O4/c1-3-12(6-8(14)11-2)10(17)13-4-7(5-13)9(15)16/h7H,3-6H2,1-2H3,(H,11,14)(H,15,16). The Bertz CT molecular complexity index is 326. The number of likely N-dealkylation sites (tertiary alicyclic amines) is 1. The maximum Gasteiger partial charge on any atom is 0.320 e. The van der Waals surface area contributed by atoms with Crippen LogP contribution in [0.1, 0.15) is 6.92 Å². The number of carbonyl (C=O) groups is 3. The van der Waals surface area contributed by atoms with Crippen molar-refractivity contribution >= 4 is 17.9 Å². The van der Waals surface area contributed by atoms with Gasteiger partial charge in [-0.25, -0.2) is 4.79 Å². The van der Waals surface area contributed by atoms with E-state index in [9.17, 15) is 14.4 Å². The number of carboxylic acids is 1. The van der Waals surface area contributed by atoms with Crippen LogP contribution in [0.5, 0.6) is 0 Å². The lowest BCUT2D eigenvalue weighted by atomic mass is 10.0. The third kappa shape index (κ3) is 3.08. The summed E-state index contributed by atoms with van der Waals surface area (Å²) in [6, 6.07) is -0.284. The molecule has 1 aliphatic heterocycles. The van der Waals surface area contributed by atoms with Crippen LogP contribution in [0.4, 0.5) is 4.79 Å². The van der Waals surface area contributed by atoms with Crippen molar-refractivity contribution in [3.05, 3.63) is 0 Å². The molecule has 1 fully saturated rings. The fourth-order valence-electron chi connectivity index (χ4n) is 1.56. The van der Waals surface area contributed by atoms with Gasteiger partial charge in [0.25, 0.3) is 0 Å². The zero-order valence-corrected chi connectivity index (χ0v) is 9.97. The molecule has 7 nitrogen and oxygen atoms in total. The molecule has 1 rings (SSSR count). The summed E-state index contributed by atoms with van der Waals surface area (Å²) in [4.78, 5) is 36.4. The number of hydrogen-bond donors (Lipinski definition) is 2. The van der Waals surface area contributed by atoms with Gasteiger partial charge in [-0.3, -0.25) is 9.59 Å². The molecule has 7 heteroatoms. The second-order valence-corrected chi connectivity index (χ2v) is 3.91. The summed E-state index contributed by atoms with van der Waals surface area (Å²) in [6.07, 6.45) is 0. The largest absolute Gasteiger partial charge is 0.481 e. The molecule has 1 saturated heterocycles. The average Bonchev–Trinajstić information content (AvgIpc) is 2.22. The zero-order valence-electron chi connectivity index (χ0n) is 9.97. The molecular weight excluding hydrogens is 226 g/mol. The minimum absolute atomic E-state index is 0.0000709. The Balaban J connectivity index is 2.46. The van der Waals surface area contributed by atoms with Crippen molar-refractivity contribution in [2.75, 3.05) is 33.2 Å². The lowest BCUT2D eigenvalue weighted by Gasteiger charge is -2.39. The zero-order chi connectivity index (χ0) is 13.0. The molecule has 0 saturated carbocycles. The van der Waals surface area contributed by atoms with Crippen LogP contribution >= 0.6 is 0 Å². The van der Waals surface area contributed by atoms with Crippen molar-refractivity contribution in [3.63, 3.8) is 0 Å². The average molecular weight is 243 g/mol. The molecule has 0 aromatic heterocycles. The summed E-state index contributed by atoms with van der Waals surface area (Å²) in [7, 11) is 1.50. The maximum absolute atomic E-state index is 11.9. The smallest absolute Gasteiger partial charge is 0.320 e. The number of hydrogen-bond acceptors (Lipinski definition) is 3. The number of amides is 3. The van der Waals surface area contributed by atoms with E-state index in [1.54, 1.807) is 6.92 Å². The lowest BCUT2D eigenvalue weighted by Crippen LogP contribution is -2.58. The van der Waals surface area contributed by atoms with Crippen molar-refractivity contribution in [2.45, 2.75) is 6.92 Å². The van der Waals surface area contributed by atoms with Crippen molar-refractivity contribution < 1.29 is 19.5 Å². The molecule has 0 spiro atoms. The molecular formula is C10H17N3O4. The van der Waals surface area contributed by atoms with Gasteiger partial charge in [-0.2, -0.15) is 0 Å². The van der Waals surface area contributed by atoms with E-state index in [-0.39, 0.29) is 31.6 Å². The van der Waals surface area contributed by atoms with Crippen molar-refractivity contribution in [2.24, 2.45) is 5.92 Å². The van der Waals surface area contributed by atoms with Crippen molar-refractivity contribution in [1.29, 1.82) is 0 Å². The Morgan fingerprint density at radius 2 is 2.00 bits per heavy atom. The highest BCUT2D eigenvalue weighted by Gasteiger charge is 2.37. The highest BCUT2D eigenvalue weighted by molar-refractivity contribution is 5.85. The molecule has 0 aliphatic carbocycles. The van der Waals surface area contributed by atoms with Gasteiger partial charge >= 0.3 is 12.0 Å². The normalized spacial score (nSPS) is 15.1. The maximum atomic E-state index is 11.9. The Morgan fingerprint density at radius 3 is 2.41 bits per heavy atom. The highest BCUT2D eigenvalue weighted by Crippen LogP contribution is 2.17. The Kier molecular flexibility index (Phi) is 4.30. The number of nitrogens with one attached hydrogen (secondary N) is 1. The number of nitrogens with zero attached hydrogens (tertiary/aromatic N) is 2. The molecule has 2 N–H and O–H groups in total.